The van der Waals surface area contributed by atoms with Gasteiger partial charge in [-0.1, -0.05) is 34.1 Å². The number of rotatable bonds is 4. The zero-order valence-corrected chi connectivity index (χ0v) is 30.1. The fourth-order valence-electron chi connectivity index (χ4n) is 4.87. The summed E-state index contributed by atoms with van der Waals surface area (Å²) in [5.41, 5.74) is 0.226. The van der Waals surface area contributed by atoms with Gasteiger partial charge in [0.25, 0.3) is 0 Å². The number of piperidine rings is 2. The van der Waals surface area contributed by atoms with Crippen LogP contribution in [0.5, 0.6) is 0 Å². The number of likely N-dealkylation sites (tertiary alicyclic amines) is 2. The quantitative estimate of drug-likeness (QED) is 0.253. The van der Waals surface area contributed by atoms with Crippen molar-refractivity contribution >= 4 is 40.7 Å². The highest BCUT2D eigenvalue weighted by Crippen LogP contribution is 2.24. The molecule has 0 atom stereocenters. The molecule has 2 aliphatic rings. The Balaban J connectivity index is 0.000000263. The molecule has 2 fully saturated rings. The Hall–Kier alpha value is -2.33. The second-order valence-corrected chi connectivity index (χ2v) is 14.8. The van der Waals surface area contributed by atoms with E-state index >= 15 is 0 Å². The predicted octanol–water partition coefficient (Wildman–Crippen LogP) is 9.55. The van der Waals surface area contributed by atoms with Crippen LogP contribution >= 0.6 is 28.6 Å². The van der Waals surface area contributed by atoms with E-state index < -0.39 is 5.60 Å². The summed E-state index contributed by atoms with van der Waals surface area (Å²) in [6, 6.07) is 12.9. The van der Waals surface area contributed by atoms with Crippen LogP contribution in [0.15, 0.2) is 53.4 Å². The first-order valence-corrected chi connectivity index (χ1v) is 17.3. The summed E-state index contributed by atoms with van der Waals surface area (Å²) in [6.07, 6.45) is 5.70. The van der Waals surface area contributed by atoms with Crippen molar-refractivity contribution in [1.29, 1.82) is 0 Å². The second-order valence-electron chi connectivity index (χ2n) is 13.6. The van der Waals surface area contributed by atoms with Crippen LogP contribution < -0.4 is 0 Å². The number of thiol groups is 1. The maximum Gasteiger partial charge on any atom is 0.410 e. The maximum absolute atomic E-state index is 13.2. The van der Waals surface area contributed by atoms with Gasteiger partial charge < -0.3 is 19.3 Å². The van der Waals surface area contributed by atoms with Gasteiger partial charge in [0, 0.05) is 36.4 Å². The normalized spacial score (nSPS) is 16.1. The molecule has 252 valence electrons. The SMILES string of the molecule is CC(C)(C)OC(=O)N1CCC(CBr)CC1.CC(C)(C)OC(=O)N1CCC(CCc2cccc(F)c2)CC1.Fc1cccc(S)c1. The van der Waals surface area contributed by atoms with Crippen LogP contribution in [0.25, 0.3) is 0 Å². The molecule has 2 heterocycles. The molecule has 0 radical (unpaired) electrons. The van der Waals surface area contributed by atoms with Crippen molar-refractivity contribution < 1.29 is 27.8 Å². The third-order valence-electron chi connectivity index (χ3n) is 7.29. The van der Waals surface area contributed by atoms with Gasteiger partial charge in [-0.2, -0.15) is 0 Å². The van der Waals surface area contributed by atoms with Crippen LogP contribution in [-0.4, -0.2) is 64.7 Å². The number of benzene rings is 2. The predicted molar refractivity (Wildman–Crippen MR) is 183 cm³/mol. The van der Waals surface area contributed by atoms with E-state index in [0.29, 0.717) is 16.7 Å². The van der Waals surface area contributed by atoms with E-state index in [-0.39, 0.29) is 29.4 Å². The summed E-state index contributed by atoms with van der Waals surface area (Å²) in [4.78, 5) is 28.0. The Morgan fingerprint density at radius 2 is 1.22 bits per heavy atom. The van der Waals surface area contributed by atoms with Crippen molar-refractivity contribution in [2.45, 2.75) is 96.2 Å². The molecule has 2 aromatic carbocycles. The molecule has 2 amide bonds. The Morgan fingerprint density at radius 3 is 1.60 bits per heavy atom. The molecule has 2 aromatic rings. The number of aryl methyl sites for hydroxylation is 1. The van der Waals surface area contributed by atoms with Crippen molar-refractivity contribution in [3.05, 3.63) is 65.7 Å². The Labute approximate surface area is 282 Å². The van der Waals surface area contributed by atoms with E-state index in [4.69, 9.17) is 9.47 Å². The summed E-state index contributed by atoms with van der Waals surface area (Å²) in [7, 11) is 0. The molecule has 4 rings (SSSR count). The van der Waals surface area contributed by atoms with Crippen LogP contribution in [0.2, 0.25) is 0 Å². The molecule has 0 aromatic heterocycles. The minimum Gasteiger partial charge on any atom is -0.444 e. The molecule has 10 heteroatoms. The fourth-order valence-corrected chi connectivity index (χ4v) is 5.72. The third-order valence-corrected chi connectivity index (χ3v) is 8.48. The first kappa shape index (κ1) is 38.9. The molecule has 0 bridgehead atoms. The highest BCUT2D eigenvalue weighted by molar-refractivity contribution is 9.09. The lowest BCUT2D eigenvalue weighted by Crippen LogP contribution is -2.41. The van der Waals surface area contributed by atoms with Gasteiger partial charge in [-0.15, -0.1) is 12.6 Å². The van der Waals surface area contributed by atoms with E-state index in [1.54, 1.807) is 29.2 Å². The number of halogens is 3. The van der Waals surface area contributed by atoms with Gasteiger partial charge in [0.05, 0.1) is 0 Å². The van der Waals surface area contributed by atoms with Crippen molar-refractivity contribution in [2.75, 3.05) is 31.5 Å². The first-order chi connectivity index (χ1) is 21.0. The number of hydrogen-bond donors (Lipinski definition) is 1. The molecule has 0 N–H and O–H groups in total. The van der Waals surface area contributed by atoms with Crippen molar-refractivity contribution in [2.24, 2.45) is 11.8 Å². The Bertz CT molecular complexity index is 1170. The maximum atomic E-state index is 13.2. The first-order valence-electron chi connectivity index (χ1n) is 15.8. The van der Waals surface area contributed by atoms with E-state index in [0.717, 1.165) is 75.6 Å². The highest BCUT2D eigenvalue weighted by atomic mass is 79.9. The number of ether oxygens (including phenoxy) is 2. The van der Waals surface area contributed by atoms with Crippen molar-refractivity contribution in [3.8, 4) is 0 Å². The van der Waals surface area contributed by atoms with Crippen LogP contribution in [0.4, 0.5) is 18.4 Å². The van der Waals surface area contributed by atoms with Crippen LogP contribution in [0, 0.1) is 23.5 Å². The summed E-state index contributed by atoms with van der Waals surface area (Å²) in [6.45, 7) is 14.5. The second kappa shape index (κ2) is 18.7. The third kappa shape index (κ3) is 16.7. The van der Waals surface area contributed by atoms with Gasteiger partial charge in [0.15, 0.2) is 0 Å². The fraction of sp³-hybridized carbons (Fsp3) is 0.600. The molecular formula is C35H51BrF2N2O4S. The van der Waals surface area contributed by atoms with E-state index in [9.17, 15) is 18.4 Å². The average Bonchev–Trinajstić information content (AvgIpc) is 2.95. The summed E-state index contributed by atoms with van der Waals surface area (Å²) < 4.78 is 36.0. The van der Waals surface area contributed by atoms with Gasteiger partial charge in [-0.3, -0.25) is 0 Å². The number of nitrogens with zero attached hydrogens (tertiary/aromatic N) is 2. The molecule has 0 spiro atoms. The lowest BCUT2D eigenvalue weighted by Gasteiger charge is -2.33. The molecule has 0 unspecified atom stereocenters. The van der Waals surface area contributed by atoms with Crippen LogP contribution in [0.1, 0.15) is 79.2 Å². The lowest BCUT2D eigenvalue weighted by molar-refractivity contribution is 0.0175. The summed E-state index contributed by atoms with van der Waals surface area (Å²) >= 11 is 7.40. The van der Waals surface area contributed by atoms with Crippen molar-refractivity contribution in [3.63, 3.8) is 0 Å². The van der Waals surface area contributed by atoms with Gasteiger partial charge in [0.2, 0.25) is 0 Å². The molecular weight excluding hydrogens is 662 g/mol. The zero-order chi connectivity index (χ0) is 33.6. The van der Waals surface area contributed by atoms with Crippen LogP contribution in [-0.2, 0) is 15.9 Å². The number of carbonyl (C=O) groups excluding carboxylic acids is 2. The van der Waals surface area contributed by atoms with E-state index in [1.807, 2.05) is 52.5 Å². The van der Waals surface area contributed by atoms with Gasteiger partial charge in [0.1, 0.15) is 22.8 Å². The van der Waals surface area contributed by atoms with E-state index in [2.05, 4.69) is 28.6 Å². The Kier molecular flexibility index (Phi) is 16.2. The highest BCUT2D eigenvalue weighted by Gasteiger charge is 2.27. The molecule has 2 saturated heterocycles. The topological polar surface area (TPSA) is 59.1 Å². The Morgan fingerprint density at radius 1 is 0.778 bits per heavy atom. The molecule has 0 saturated carbocycles. The molecule has 6 nitrogen and oxygen atoms in total. The molecule has 2 aliphatic heterocycles. The average molecular weight is 714 g/mol. The van der Waals surface area contributed by atoms with Gasteiger partial charge >= 0.3 is 12.2 Å². The largest absolute Gasteiger partial charge is 0.444 e. The lowest BCUT2D eigenvalue weighted by atomic mass is 9.91. The monoisotopic (exact) mass is 712 g/mol. The number of hydrogen-bond acceptors (Lipinski definition) is 5. The standard InChI is InChI=1S/C18H26FNO2.C11H20BrNO2.C6H5FS/c1-18(2,3)22-17(21)20-11-9-14(10-12-20)7-8-15-5-4-6-16(19)13-15;1-11(2,3)15-10(14)13-6-4-9(8-12)5-7-13;7-5-2-1-3-6(8)4-5/h4-6,13-14H,7-12H2,1-3H3;9H,4-8H2,1-3H3;1-4,8H. The molecule has 45 heavy (non-hydrogen) atoms. The summed E-state index contributed by atoms with van der Waals surface area (Å²) in [5.74, 6) is 0.903. The van der Waals surface area contributed by atoms with Gasteiger partial charge in [-0.25, -0.2) is 18.4 Å². The summed E-state index contributed by atoms with van der Waals surface area (Å²) in [5, 5.41) is 1.04. The smallest absolute Gasteiger partial charge is 0.410 e. The number of carbonyl (C=O) groups is 2. The minimum absolute atomic E-state index is 0.169. The number of amides is 2. The van der Waals surface area contributed by atoms with Crippen molar-refractivity contribution in [1.82, 2.24) is 9.80 Å². The molecule has 0 aliphatic carbocycles. The minimum atomic E-state index is -0.439. The van der Waals surface area contributed by atoms with Gasteiger partial charge in [-0.05, 0) is 128 Å². The number of alkyl halides is 1. The van der Waals surface area contributed by atoms with E-state index in [1.165, 1.54) is 18.2 Å². The zero-order valence-electron chi connectivity index (χ0n) is 27.7. The van der Waals surface area contributed by atoms with Crippen LogP contribution in [0.3, 0.4) is 0 Å².